The molecule has 5 heterocycles. The van der Waals surface area contributed by atoms with Crippen molar-refractivity contribution in [1.82, 2.24) is 24.4 Å². The summed E-state index contributed by atoms with van der Waals surface area (Å²) in [5.74, 6) is -0.365. The molecule has 3 atom stereocenters. The maximum atomic E-state index is 14.2. The summed E-state index contributed by atoms with van der Waals surface area (Å²) in [5, 5.41) is 14.6. The third-order valence-corrected chi connectivity index (χ3v) is 8.46. The van der Waals surface area contributed by atoms with Gasteiger partial charge in [-0.15, -0.1) is 0 Å². The van der Waals surface area contributed by atoms with Crippen molar-refractivity contribution in [2.45, 2.75) is 70.8 Å². The number of rotatable bonds is 5. The Hall–Kier alpha value is -2.75. The molecule has 0 aliphatic carbocycles. The molecule has 0 radical (unpaired) electrons. The molecule has 2 bridgehead atoms. The lowest BCUT2D eigenvalue weighted by Gasteiger charge is -2.38. The van der Waals surface area contributed by atoms with Crippen LogP contribution in [0.5, 0.6) is 5.75 Å². The molecule has 2 saturated heterocycles. The number of amides is 1. The van der Waals surface area contributed by atoms with Crippen molar-refractivity contribution in [3.63, 3.8) is 0 Å². The van der Waals surface area contributed by atoms with E-state index in [0.717, 1.165) is 48.3 Å². The number of ether oxygens (including phenoxy) is 1. The molecule has 190 valence electrons. The molecule has 1 aromatic carbocycles. The van der Waals surface area contributed by atoms with Crippen molar-refractivity contribution in [3.05, 3.63) is 57.2 Å². The first-order chi connectivity index (χ1) is 17.3. The zero-order valence-electron chi connectivity index (χ0n) is 20.4. The van der Waals surface area contributed by atoms with E-state index >= 15 is 0 Å². The van der Waals surface area contributed by atoms with Crippen LogP contribution in [0.2, 0.25) is 5.02 Å². The lowest BCUT2D eigenvalue weighted by atomic mass is 9.99. The van der Waals surface area contributed by atoms with E-state index < -0.39 is 5.82 Å². The van der Waals surface area contributed by atoms with Crippen LogP contribution in [0.25, 0.3) is 5.65 Å². The molecule has 3 aromatic rings. The molecule has 2 fully saturated rings. The van der Waals surface area contributed by atoms with E-state index in [2.05, 4.69) is 15.0 Å². The highest BCUT2D eigenvalue weighted by atomic mass is 35.5. The number of halogens is 2. The van der Waals surface area contributed by atoms with E-state index in [1.165, 1.54) is 18.2 Å². The second-order valence-corrected chi connectivity index (χ2v) is 10.5. The first-order valence-electron chi connectivity index (χ1n) is 12.5. The van der Waals surface area contributed by atoms with Crippen LogP contribution in [0.15, 0.2) is 18.2 Å². The highest BCUT2D eigenvalue weighted by Gasteiger charge is 2.41. The number of aromatic nitrogens is 3. The zero-order valence-corrected chi connectivity index (χ0v) is 21.1. The number of carbonyl (C=O) groups excluding carboxylic acids is 1. The molecular weight excluding hydrogens is 485 g/mol. The van der Waals surface area contributed by atoms with Crippen molar-refractivity contribution in [3.8, 4) is 5.75 Å². The van der Waals surface area contributed by atoms with Crippen LogP contribution in [0.3, 0.4) is 0 Å². The van der Waals surface area contributed by atoms with Gasteiger partial charge in [0.05, 0.1) is 47.4 Å². The van der Waals surface area contributed by atoms with Gasteiger partial charge >= 0.3 is 0 Å². The van der Waals surface area contributed by atoms with Crippen LogP contribution in [0.4, 0.5) is 4.39 Å². The van der Waals surface area contributed by atoms with Gasteiger partial charge in [-0.2, -0.15) is 5.10 Å². The fourth-order valence-corrected chi connectivity index (χ4v) is 6.30. The fraction of sp³-hybridized carbons (Fsp3) is 0.500. The number of nitrogens with zero attached hydrogens (tertiary/aromatic N) is 5. The van der Waals surface area contributed by atoms with Crippen molar-refractivity contribution < 1.29 is 19.0 Å². The second kappa shape index (κ2) is 8.97. The number of benzene rings is 1. The SMILES string of the molecule is Cc1nc2c3c(nn2c(C)c1Cl)CN(C(=O)c1ccc(F)cc1OC1C[C@H]2CC[C@@H](C1)N2CCO)C3. The van der Waals surface area contributed by atoms with Gasteiger partial charge in [-0.05, 0) is 51.7 Å². The Morgan fingerprint density at radius 3 is 2.69 bits per heavy atom. The number of aliphatic hydroxyl groups excluding tert-OH is 1. The van der Waals surface area contributed by atoms with Crippen LogP contribution >= 0.6 is 11.6 Å². The van der Waals surface area contributed by atoms with Crippen molar-refractivity contribution in [1.29, 1.82) is 0 Å². The maximum Gasteiger partial charge on any atom is 0.258 e. The van der Waals surface area contributed by atoms with Gasteiger partial charge in [-0.1, -0.05) is 11.6 Å². The van der Waals surface area contributed by atoms with E-state index in [9.17, 15) is 14.3 Å². The minimum Gasteiger partial charge on any atom is -0.489 e. The molecule has 0 saturated carbocycles. The summed E-state index contributed by atoms with van der Waals surface area (Å²) >= 11 is 6.35. The summed E-state index contributed by atoms with van der Waals surface area (Å²) in [6.45, 7) is 5.28. The molecule has 6 rings (SSSR count). The van der Waals surface area contributed by atoms with Crippen LogP contribution in [-0.4, -0.2) is 66.8 Å². The number of aryl methyl sites for hydroxylation is 2. The molecule has 1 N–H and O–H groups in total. The van der Waals surface area contributed by atoms with Gasteiger partial charge in [-0.3, -0.25) is 9.69 Å². The van der Waals surface area contributed by atoms with Gasteiger partial charge in [0.25, 0.3) is 5.91 Å². The van der Waals surface area contributed by atoms with Crippen molar-refractivity contribution >= 4 is 23.2 Å². The van der Waals surface area contributed by atoms with Gasteiger partial charge in [0.15, 0.2) is 5.65 Å². The van der Waals surface area contributed by atoms with Crippen LogP contribution in [-0.2, 0) is 13.1 Å². The third-order valence-electron chi connectivity index (χ3n) is 7.91. The predicted molar refractivity (Wildman–Crippen MR) is 132 cm³/mol. The zero-order chi connectivity index (χ0) is 25.1. The van der Waals surface area contributed by atoms with Crippen molar-refractivity contribution in [2.24, 2.45) is 0 Å². The summed E-state index contributed by atoms with van der Waals surface area (Å²) < 4.78 is 22.3. The fourth-order valence-electron chi connectivity index (χ4n) is 6.18. The lowest BCUT2D eigenvalue weighted by Crippen LogP contribution is -2.47. The van der Waals surface area contributed by atoms with E-state index in [0.29, 0.717) is 48.0 Å². The summed E-state index contributed by atoms with van der Waals surface area (Å²) in [7, 11) is 0. The minimum atomic E-state index is -0.434. The average molecular weight is 514 g/mol. The van der Waals surface area contributed by atoms with Gasteiger partial charge in [-0.25, -0.2) is 13.9 Å². The Bertz CT molecular complexity index is 1350. The number of fused-ring (bicyclic) bond motifs is 5. The standard InChI is InChI=1S/C26H29ClFN5O3/c1-14-24(27)15(2)33-25(29-14)21-12-31(13-22(21)30-33)26(35)20-6-3-16(28)9-23(20)36-19-10-17-4-5-18(11-19)32(17)7-8-34/h3,6,9,17-19,34H,4-5,7-8,10-13H2,1-2H3/t17-,18+,19?. The smallest absolute Gasteiger partial charge is 0.258 e. The average Bonchev–Trinajstić information content (AvgIpc) is 3.48. The van der Waals surface area contributed by atoms with Gasteiger partial charge in [0, 0.05) is 30.3 Å². The monoisotopic (exact) mass is 513 g/mol. The molecule has 3 aliphatic rings. The summed E-state index contributed by atoms with van der Waals surface area (Å²) in [6.07, 6.45) is 3.67. The highest BCUT2D eigenvalue weighted by molar-refractivity contribution is 6.31. The predicted octanol–water partition coefficient (Wildman–Crippen LogP) is 3.66. The summed E-state index contributed by atoms with van der Waals surface area (Å²) in [6, 6.07) is 4.84. The Morgan fingerprint density at radius 2 is 1.97 bits per heavy atom. The molecule has 2 aromatic heterocycles. The topological polar surface area (TPSA) is 83.2 Å². The molecule has 1 unspecified atom stereocenters. The Kier molecular flexibility index (Phi) is 5.89. The third kappa shape index (κ3) is 3.84. The van der Waals surface area contributed by atoms with E-state index in [1.807, 2.05) is 13.8 Å². The molecule has 36 heavy (non-hydrogen) atoms. The van der Waals surface area contributed by atoms with Gasteiger partial charge in [0.2, 0.25) is 0 Å². The van der Waals surface area contributed by atoms with E-state index in [1.54, 1.807) is 9.42 Å². The first kappa shape index (κ1) is 23.6. The summed E-state index contributed by atoms with van der Waals surface area (Å²) in [4.78, 5) is 22.3. The molecule has 10 heteroatoms. The Labute approximate surface area is 213 Å². The highest BCUT2D eigenvalue weighted by Crippen LogP contribution is 2.38. The molecule has 8 nitrogen and oxygen atoms in total. The number of hydrogen-bond donors (Lipinski definition) is 1. The number of aliphatic hydroxyl groups is 1. The van der Waals surface area contributed by atoms with Crippen molar-refractivity contribution in [2.75, 3.05) is 13.2 Å². The van der Waals surface area contributed by atoms with Crippen LogP contribution in [0, 0.1) is 19.7 Å². The first-order valence-corrected chi connectivity index (χ1v) is 12.9. The number of carbonyl (C=O) groups is 1. The molecule has 1 amide bonds. The number of piperidine rings is 1. The molecular formula is C26H29ClFN5O3. The minimum absolute atomic E-state index is 0.0920. The molecule has 3 aliphatic heterocycles. The van der Waals surface area contributed by atoms with E-state index in [4.69, 9.17) is 16.3 Å². The van der Waals surface area contributed by atoms with Crippen LogP contribution in [0.1, 0.15) is 58.7 Å². The van der Waals surface area contributed by atoms with Gasteiger partial charge in [0.1, 0.15) is 17.7 Å². The quantitative estimate of drug-likeness (QED) is 0.560. The summed E-state index contributed by atoms with van der Waals surface area (Å²) in [5.41, 5.74) is 4.30. The number of hydrogen-bond acceptors (Lipinski definition) is 6. The van der Waals surface area contributed by atoms with Crippen LogP contribution < -0.4 is 4.74 Å². The largest absolute Gasteiger partial charge is 0.489 e. The second-order valence-electron chi connectivity index (χ2n) is 10.1. The van der Waals surface area contributed by atoms with Gasteiger partial charge < -0.3 is 14.7 Å². The Balaban J connectivity index is 1.23. The lowest BCUT2D eigenvalue weighted by molar-refractivity contribution is 0.0380. The molecule has 0 spiro atoms. The maximum absolute atomic E-state index is 14.2. The Morgan fingerprint density at radius 1 is 1.22 bits per heavy atom. The van der Waals surface area contributed by atoms with E-state index in [-0.39, 0.29) is 24.4 Å². The normalized spacial score (nSPS) is 23.5.